The minimum absolute atomic E-state index is 0.120. The summed E-state index contributed by atoms with van der Waals surface area (Å²) < 4.78 is 1.38. The summed E-state index contributed by atoms with van der Waals surface area (Å²) >= 11 is 1.46. The SMILES string of the molecule is CCc1nn2c(=O)cc(CN3CCN(C(C)=O)CC3)nc2s1. The minimum Gasteiger partial charge on any atom is -0.340 e. The number of aromatic nitrogens is 3. The molecule has 3 heterocycles. The molecule has 0 saturated carbocycles. The Labute approximate surface area is 132 Å². The van der Waals surface area contributed by atoms with Gasteiger partial charge >= 0.3 is 0 Å². The molecule has 2 aromatic rings. The molecule has 0 N–H and O–H groups in total. The maximum Gasteiger partial charge on any atom is 0.275 e. The number of hydrogen-bond acceptors (Lipinski definition) is 6. The van der Waals surface area contributed by atoms with Gasteiger partial charge in [-0.05, 0) is 6.42 Å². The first-order valence-corrected chi connectivity index (χ1v) is 8.25. The Morgan fingerprint density at radius 3 is 2.68 bits per heavy atom. The van der Waals surface area contributed by atoms with Gasteiger partial charge in [0.25, 0.3) is 5.56 Å². The van der Waals surface area contributed by atoms with Crippen LogP contribution in [0.5, 0.6) is 0 Å². The molecule has 1 saturated heterocycles. The summed E-state index contributed by atoms with van der Waals surface area (Å²) in [6.45, 7) is 7.33. The van der Waals surface area contributed by atoms with Crippen LogP contribution in [-0.4, -0.2) is 56.5 Å². The number of fused-ring (bicyclic) bond motifs is 1. The van der Waals surface area contributed by atoms with E-state index in [0.29, 0.717) is 11.5 Å². The molecule has 1 fully saturated rings. The highest BCUT2D eigenvalue weighted by Crippen LogP contribution is 2.13. The molecule has 2 aromatic heterocycles. The van der Waals surface area contributed by atoms with E-state index in [1.807, 2.05) is 11.8 Å². The van der Waals surface area contributed by atoms with Crippen molar-refractivity contribution in [3.8, 4) is 0 Å². The average molecular weight is 321 g/mol. The number of piperazine rings is 1. The van der Waals surface area contributed by atoms with Gasteiger partial charge in [0.05, 0.1) is 5.69 Å². The second-order valence-corrected chi connectivity index (χ2v) is 6.45. The van der Waals surface area contributed by atoms with E-state index in [1.54, 1.807) is 13.0 Å². The van der Waals surface area contributed by atoms with E-state index in [2.05, 4.69) is 15.0 Å². The van der Waals surface area contributed by atoms with Crippen LogP contribution in [0.3, 0.4) is 0 Å². The van der Waals surface area contributed by atoms with E-state index < -0.39 is 0 Å². The Kier molecular flexibility index (Phi) is 4.21. The lowest BCUT2D eigenvalue weighted by molar-refractivity contribution is -0.130. The zero-order chi connectivity index (χ0) is 15.7. The van der Waals surface area contributed by atoms with Crippen molar-refractivity contribution >= 4 is 22.2 Å². The summed E-state index contributed by atoms with van der Waals surface area (Å²) in [6.07, 6.45) is 0.801. The largest absolute Gasteiger partial charge is 0.340 e. The molecule has 22 heavy (non-hydrogen) atoms. The molecule has 0 spiro atoms. The number of carbonyl (C=O) groups is 1. The fraction of sp³-hybridized carbons (Fsp3) is 0.571. The molecule has 1 amide bonds. The van der Waals surface area contributed by atoms with E-state index in [-0.39, 0.29) is 11.5 Å². The van der Waals surface area contributed by atoms with E-state index in [9.17, 15) is 9.59 Å². The number of amides is 1. The number of nitrogens with zero attached hydrogens (tertiary/aromatic N) is 5. The van der Waals surface area contributed by atoms with Crippen molar-refractivity contribution in [1.29, 1.82) is 0 Å². The Hall–Kier alpha value is -1.80. The lowest BCUT2D eigenvalue weighted by Crippen LogP contribution is -2.47. The zero-order valence-corrected chi connectivity index (χ0v) is 13.6. The van der Waals surface area contributed by atoms with Gasteiger partial charge in [0.1, 0.15) is 5.01 Å². The molecule has 1 aliphatic rings. The van der Waals surface area contributed by atoms with Gasteiger partial charge in [-0.15, -0.1) is 0 Å². The lowest BCUT2D eigenvalue weighted by atomic mass is 10.3. The third-order valence-electron chi connectivity index (χ3n) is 3.85. The van der Waals surface area contributed by atoms with Gasteiger partial charge in [-0.25, -0.2) is 4.98 Å². The summed E-state index contributed by atoms with van der Waals surface area (Å²) in [5, 5.41) is 5.16. The zero-order valence-electron chi connectivity index (χ0n) is 12.8. The Bertz CT molecular complexity index is 745. The predicted octanol–water partition coefficient (Wildman–Crippen LogP) is 0.377. The smallest absolute Gasteiger partial charge is 0.275 e. The summed E-state index contributed by atoms with van der Waals surface area (Å²) in [6, 6.07) is 1.56. The highest BCUT2D eigenvalue weighted by atomic mass is 32.1. The molecule has 0 bridgehead atoms. The van der Waals surface area contributed by atoms with Crippen molar-refractivity contribution in [3.05, 3.63) is 27.1 Å². The quantitative estimate of drug-likeness (QED) is 0.817. The monoisotopic (exact) mass is 321 g/mol. The molecular formula is C14H19N5O2S. The highest BCUT2D eigenvalue weighted by Gasteiger charge is 2.19. The van der Waals surface area contributed by atoms with E-state index in [4.69, 9.17) is 0 Å². The van der Waals surface area contributed by atoms with E-state index >= 15 is 0 Å². The molecule has 0 radical (unpaired) electrons. The number of aryl methyl sites for hydroxylation is 1. The molecule has 0 aromatic carbocycles. The van der Waals surface area contributed by atoms with Crippen molar-refractivity contribution in [1.82, 2.24) is 24.4 Å². The van der Waals surface area contributed by atoms with Gasteiger partial charge < -0.3 is 4.90 Å². The molecule has 1 aliphatic heterocycles. The first-order valence-electron chi connectivity index (χ1n) is 7.43. The number of carbonyl (C=O) groups excluding carboxylic acids is 1. The molecule has 8 heteroatoms. The summed E-state index contributed by atoms with van der Waals surface area (Å²) in [5.74, 6) is 0.120. The van der Waals surface area contributed by atoms with Gasteiger partial charge in [-0.1, -0.05) is 18.3 Å². The first-order chi connectivity index (χ1) is 10.6. The molecule has 3 rings (SSSR count). The summed E-state index contributed by atoms with van der Waals surface area (Å²) in [4.78, 5) is 32.7. The first kappa shape index (κ1) is 15.1. The van der Waals surface area contributed by atoms with Crippen molar-refractivity contribution in [2.45, 2.75) is 26.8 Å². The van der Waals surface area contributed by atoms with Crippen molar-refractivity contribution in [2.75, 3.05) is 26.2 Å². The standard InChI is InChI=1S/C14H19N5O2S/c1-3-12-16-19-13(21)8-11(15-14(19)22-12)9-17-4-6-18(7-5-17)10(2)20/h8H,3-7,9H2,1-2H3. The summed E-state index contributed by atoms with van der Waals surface area (Å²) in [5.41, 5.74) is 0.644. The average Bonchev–Trinajstić information content (AvgIpc) is 2.91. The molecule has 0 unspecified atom stereocenters. The van der Waals surface area contributed by atoms with Gasteiger partial charge in [-0.3, -0.25) is 14.5 Å². The van der Waals surface area contributed by atoms with Crippen molar-refractivity contribution < 1.29 is 4.79 Å². The van der Waals surface area contributed by atoms with Crippen LogP contribution in [0.15, 0.2) is 10.9 Å². The fourth-order valence-electron chi connectivity index (χ4n) is 2.57. The third-order valence-corrected chi connectivity index (χ3v) is 4.90. The van der Waals surface area contributed by atoms with Crippen LogP contribution in [0.25, 0.3) is 4.96 Å². The Balaban J connectivity index is 1.74. The van der Waals surface area contributed by atoms with Gasteiger partial charge in [-0.2, -0.15) is 9.61 Å². The number of rotatable bonds is 3. The van der Waals surface area contributed by atoms with E-state index in [1.165, 1.54) is 15.9 Å². The predicted molar refractivity (Wildman–Crippen MR) is 84.0 cm³/mol. The summed E-state index contributed by atoms with van der Waals surface area (Å²) in [7, 11) is 0. The maximum atomic E-state index is 12.1. The van der Waals surface area contributed by atoms with Gasteiger partial charge in [0.15, 0.2) is 0 Å². The maximum absolute atomic E-state index is 12.1. The number of hydrogen-bond donors (Lipinski definition) is 0. The Morgan fingerprint density at radius 1 is 1.32 bits per heavy atom. The Morgan fingerprint density at radius 2 is 2.05 bits per heavy atom. The second-order valence-electron chi connectivity index (χ2n) is 5.41. The van der Waals surface area contributed by atoms with Crippen molar-refractivity contribution in [3.63, 3.8) is 0 Å². The van der Waals surface area contributed by atoms with Crippen LogP contribution < -0.4 is 5.56 Å². The second kappa shape index (κ2) is 6.13. The van der Waals surface area contributed by atoms with Crippen molar-refractivity contribution in [2.24, 2.45) is 0 Å². The lowest BCUT2D eigenvalue weighted by Gasteiger charge is -2.33. The van der Waals surface area contributed by atoms with Crippen LogP contribution in [0.1, 0.15) is 24.5 Å². The fourth-order valence-corrected chi connectivity index (χ4v) is 3.43. The minimum atomic E-state index is -0.127. The molecule has 7 nitrogen and oxygen atoms in total. The highest BCUT2D eigenvalue weighted by molar-refractivity contribution is 7.16. The van der Waals surface area contributed by atoms with Crippen LogP contribution in [0, 0.1) is 0 Å². The van der Waals surface area contributed by atoms with Crippen LogP contribution >= 0.6 is 11.3 Å². The van der Waals surface area contributed by atoms with Crippen LogP contribution in [0.4, 0.5) is 0 Å². The van der Waals surface area contributed by atoms with E-state index in [0.717, 1.165) is 43.3 Å². The third kappa shape index (κ3) is 3.02. The molecular weight excluding hydrogens is 302 g/mol. The molecule has 0 aliphatic carbocycles. The van der Waals surface area contributed by atoms with Gasteiger partial charge in [0, 0.05) is 45.7 Å². The van der Waals surface area contributed by atoms with Gasteiger partial charge in [0.2, 0.25) is 10.9 Å². The molecule has 0 atom stereocenters. The van der Waals surface area contributed by atoms with Crippen LogP contribution in [-0.2, 0) is 17.8 Å². The molecule has 118 valence electrons. The topological polar surface area (TPSA) is 70.8 Å². The normalized spacial score (nSPS) is 16.4. The van der Waals surface area contributed by atoms with Crippen LogP contribution in [0.2, 0.25) is 0 Å².